The molecule has 1 spiro atoms. The number of halogens is 2. The molecule has 5 aromatic rings. The summed E-state index contributed by atoms with van der Waals surface area (Å²) in [6, 6.07) is 11.8. The van der Waals surface area contributed by atoms with Crippen LogP contribution in [0.2, 0.25) is 0 Å². The van der Waals surface area contributed by atoms with Gasteiger partial charge in [0.25, 0.3) is 5.91 Å². The molecule has 18 nitrogen and oxygen atoms in total. The fourth-order valence-corrected chi connectivity index (χ4v) is 14.5. The Morgan fingerprint density at radius 3 is 2.29 bits per heavy atom. The number of methoxy groups -OCH3 is 1. The minimum atomic E-state index is -0.688. The van der Waals surface area contributed by atoms with Gasteiger partial charge in [-0.1, -0.05) is 13.0 Å². The Morgan fingerprint density at radius 2 is 1.59 bits per heavy atom. The van der Waals surface area contributed by atoms with Gasteiger partial charge < -0.3 is 43.3 Å². The number of amides is 4. The molecule has 3 unspecified atom stereocenters. The first-order chi connectivity index (χ1) is 39.9. The number of ether oxygens (including phenoxy) is 5. The number of benzene rings is 3. The van der Waals surface area contributed by atoms with Crippen molar-refractivity contribution < 1.29 is 51.6 Å². The molecule has 8 heterocycles. The van der Waals surface area contributed by atoms with E-state index < -0.39 is 29.2 Å². The molecule has 20 heteroatoms. The van der Waals surface area contributed by atoms with Crippen LogP contribution in [0.5, 0.6) is 11.8 Å². The van der Waals surface area contributed by atoms with Crippen LogP contribution in [0.25, 0.3) is 32.9 Å². The standard InChI is InChI=1S/C63H75F2N9O9/c1-6-45-49(64)12-7-37-26-44(81-36-79-5)27-47(52(37)45)54-53(65)55-48(28-66-54)56(71-30-40-8-9-41(31-71)74(40)60(78)83-61(2,3)4)69-59(68-55)80-35-63(21-22-63)32-70-23-17-43(18-24-70)82-42-15-19-62(20-16-42)33-72(34-62)39-10-11-46-38(25-39)29-73(58(46)77)50-13-14-51(75)67-57(50)76/h7,10-12,25-28,40-43,50H,6,8-9,13-24,29-36H2,1-5H3,(H,67,75,76). The van der Waals surface area contributed by atoms with Crippen molar-refractivity contribution in [1.29, 1.82) is 0 Å². The smallest absolute Gasteiger partial charge is 0.410 e. The van der Waals surface area contributed by atoms with Gasteiger partial charge >= 0.3 is 12.1 Å². The molecule has 3 aromatic carbocycles. The first-order valence-electron chi connectivity index (χ1n) is 30.0. The Kier molecular flexibility index (Phi) is 14.5. The van der Waals surface area contributed by atoms with Gasteiger partial charge in [-0.2, -0.15) is 9.97 Å². The molecule has 83 heavy (non-hydrogen) atoms. The Balaban J connectivity index is 0.657. The molecule has 2 aliphatic carbocycles. The summed E-state index contributed by atoms with van der Waals surface area (Å²) >= 11 is 0. The van der Waals surface area contributed by atoms with E-state index in [4.69, 9.17) is 38.6 Å². The number of carbonyl (C=O) groups is 4. The largest absolute Gasteiger partial charge is 0.468 e. The van der Waals surface area contributed by atoms with E-state index in [0.717, 1.165) is 108 Å². The highest BCUT2D eigenvalue weighted by atomic mass is 19.1. The van der Waals surface area contributed by atoms with Gasteiger partial charge in [0.15, 0.2) is 12.6 Å². The number of anilines is 2. The lowest BCUT2D eigenvalue weighted by molar-refractivity contribution is -0.136. The highest BCUT2D eigenvalue weighted by Gasteiger charge is 2.49. The predicted molar refractivity (Wildman–Crippen MR) is 306 cm³/mol. The number of aryl methyl sites for hydroxylation is 1. The van der Waals surface area contributed by atoms with Crippen molar-refractivity contribution in [3.63, 3.8) is 0 Å². The maximum atomic E-state index is 17.7. The van der Waals surface area contributed by atoms with Crippen LogP contribution in [0.4, 0.5) is 25.1 Å². The highest BCUT2D eigenvalue weighted by Crippen LogP contribution is 2.49. The lowest BCUT2D eigenvalue weighted by atomic mass is 9.67. The molecule has 8 aliphatic rings. The molecular weight excluding hydrogens is 1060 g/mol. The van der Waals surface area contributed by atoms with Gasteiger partial charge in [0.1, 0.15) is 40.2 Å². The van der Waals surface area contributed by atoms with Crippen molar-refractivity contribution >= 4 is 57.0 Å². The molecule has 2 bridgehead atoms. The van der Waals surface area contributed by atoms with E-state index in [-0.39, 0.29) is 83.5 Å². The molecule has 4 amide bonds. The summed E-state index contributed by atoms with van der Waals surface area (Å²) in [5.41, 5.74) is 3.05. The maximum Gasteiger partial charge on any atom is 0.410 e. The lowest BCUT2D eigenvalue weighted by Gasteiger charge is -2.54. The van der Waals surface area contributed by atoms with Crippen LogP contribution >= 0.6 is 0 Å². The van der Waals surface area contributed by atoms with E-state index in [1.54, 1.807) is 29.3 Å². The number of aromatic nitrogens is 3. The van der Waals surface area contributed by atoms with Crippen LogP contribution in [0.3, 0.4) is 0 Å². The summed E-state index contributed by atoms with van der Waals surface area (Å²) in [5, 5.41) is 4.01. The summed E-state index contributed by atoms with van der Waals surface area (Å²) < 4.78 is 63.7. The molecule has 0 radical (unpaired) electrons. The average molecular weight is 1140 g/mol. The first-order valence-corrected chi connectivity index (χ1v) is 30.0. The second kappa shape index (κ2) is 21.7. The SMILES string of the molecule is CCc1c(F)ccc2cc(OCOC)cc(-c3ncc4c(N5CC6CCC(C5)N6C(=O)OC(C)(C)C)nc(OCC5(CN6CCC(OC7CCC8(CC7)CN(c7ccc9c(c7)CN(C7CCC(=O)NC7=O)C9=O)C8)CC6)CC5)nc4c3F)c12. The van der Waals surface area contributed by atoms with E-state index in [9.17, 15) is 19.2 Å². The Bertz CT molecular complexity index is 3370. The number of piperazine rings is 1. The molecular formula is C63H75F2N9O9. The summed E-state index contributed by atoms with van der Waals surface area (Å²) in [7, 11) is 1.52. The van der Waals surface area contributed by atoms with Crippen LogP contribution in [0.15, 0.2) is 48.7 Å². The van der Waals surface area contributed by atoms with Crippen LogP contribution in [0, 0.1) is 22.5 Å². The number of pyridine rings is 1. The number of piperidine rings is 2. The minimum Gasteiger partial charge on any atom is -0.468 e. The molecule has 3 atom stereocenters. The zero-order valence-corrected chi connectivity index (χ0v) is 48.3. The quantitative estimate of drug-likeness (QED) is 0.0774. The topological polar surface area (TPSA) is 181 Å². The van der Waals surface area contributed by atoms with Crippen molar-refractivity contribution in [2.45, 2.75) is 154 Å². The molecule has 5 saturated heterocycles. The summed E-state index contributed by atoms with van der Waals surface area (Å²) in [6.45, 7) is 13.8. The number of fused-ring (bicyclic) bond motifs is 5. The molecule has 440 valence electrons. The van der Waals surface area contributed by atoms with Crippen molar-refractivity contribution in [1.82, 2.24) is 35.0 Å². The molecule has 2 aromatic heterocycles. The zero-order chi connectivity index (χ0) is 57.5. The third kappa shape index (κ3) is 10.8. The van der Waals surface area contributed by atoms with Gasteiger partial charge in [0.05, 0.1) is 36.3 Å². The van der Waals surface area contributed by atoms with Gasteiger partial charge in [-0.15, -0.1) is 0 Å². The Labute approximate surface area is 482 Å². The monoisotopic (exact) mass is 1140 g/mol. The van der Waals surface area contributed by atoms with Crippen molar-refractivity contribution in [3.05, 3.63) is 77.0 Å². The van der Waals surface area contributed by atoms with Gasteiger partial charge in [-0.05, 0) is 156 Å². The second-order valence-electron chi connectivity index (χ2n) is 25.9. The lowest BCUT2D eigenvalue weighted by Crippen LogP contribution is -2.58. The van der Waals surface area contributed by atoms with Crippen LogP contribution in [-0.4, -0.2) is 156 Å². The summed E-state index contributed by atoms with van der Waals surface area (Å²) in [6.07, 6.45) is 12.5. The van der Waals surface area contributed by atoms with Crippen molar-refractivity contribution in [2.75, 3.05) is 76.1 Å². The van der Waals surface area contributed by atoms with Crippen molar-refractivity contribution in [3.8, 4) is 23.0 Å². The molecule has 7 fully saturated rings. The number of nitrogens with one attached hydrogen (secondary N) is 1. The minimum absolute atomic E-state index is 0.00305. The third-order valence-corrected chi connectivity index (χ3v) is 19.0. The number of hydrogen-bond donors (Lipinski definition) is 1. The summed E-state index contributed by atoms with van der Waals surface area (Å²) in [4.78, 5) is 76.3. The van der Waals surface area contributed by atoms with Crippen LogP contribution in [0.1, 0.15) is 126 Å². The van der Waals surface area contributed by atoms with Crippen LogP contribution < -0.4 is 24.6 Å². The molecule has 6 aliphatic heterocycles. The molecule has 13 rings (SSSR count). The van der Waals surface area contributed by atoms with Crippen LogP contribution in [-0.2, 0) is 36.8 Å². The number of likely N-dealkylation sites (tertiary alicyclic amines) is 1. The van der Waals surface area contributed by atoms with E-state index in [1.807, 2.05) is 44.7 Å². The fourth-order valence-electron chi connectivity index (χ4n) is 14.5. The Hall–Kier alpha value is -6.77. The maximum absolute atomic E-state index is 17.7. The summed E-state index contributed by atoms with van der Waals surface area (Å²) in [5.74, 6) is -1.01. The average Bonchev–Trinajstić information content (AvgIpc) is 3.89. The van der Waals surface area contributed by atoms with Gasteiger partial charge in [0, 0.05) is 99.7 Å². The van der Waals surface area contributed by atoms with E-state index in [2.05, 4.69) is 26.1 Å². The third-order valence-electron chi connectivity index (χ3n) is 19.0. The zero-order valence-electron chi connectivity index (χ0n) is 48.3. The molecule has 2 saturated carbocycles. The predicted octanol–water partition coefficient (Wildman–Crippen LogP) is 9.11. The number of nitrogens with zero attached hydrogens (tertiary/aromatic N) is 8. The second-order valence-corrected chi connectivity index (χ2v) is 25.9. The van der Waals surface area contributed by atoms with Gasteiger partial charge in [-0.25, -0.2) is 13.6 Å². The first kappa shape index (κ1) is 55.4. The number of rotatable bonds is 15. The normalized spacial score (nSPS) is 23.5. The Morgan fingerprint density at radius 1 is 0.843 bits per heavy atom. The van der Waals surface area contributed by atoms with E-state index in [1.165, 1.54) is 13.2 Å². The number of carbonyl (C=O) groups excluding carboxylic acids is 4. The highest BCUT2D eigenvalue weighted by molar-refractivity contribution is 6.06. The number of hydrogen-bond acceptors (Lipinski definition) is 15. The van der Waals surface area contributed by atoms with Crippen molar-refractivity contribution in [2.24, 2.45) is 10.8 Å². The van der Waals surface area contributed by atoms with E-state index >= 15 is 8.78 Å². The van der Waals surface area contributed by atoms with Gasteiger partial charge in [0.2, 0.25) is 11.8 Å². The molecule has 1 N–H and O–H groups in total. The van der Waals surface area contributed by atoms with E-state index in [0.29, 0.717) is 83.5 Å². The van der Waals surface area contributed by atoms with Gasteiger partial charge in [-0.3, -0.25) is 29.6 Å². The fraction of sp³-hybridized carbons (Fsp3) is 0.571. The number of imide groups is 1.